The molecular weight excluding hydrogens is 627 g/mol. The Morgan fingerprint density at radius 2 is 1.41 bits per heavy atom. The summed E-state index contributed by atoms with van der Waals surface area (Å²) in [4.78, 5) is 53.0. The Balaban J connectivity index is 0.00000124. The minimum Gasteiger partial charge on any atom is -0.427 e. The number of para-hydroxylation sites is 1. The Morgan fingerprint density at radius 3 is 2.00 bits per heavy atom. The molecule has 0 bridgehead atoms. The van der Waals surface area contributed by atoms with Crippen molar-refractivity contribution in [3.8, 4) is 27.7 Å². The summed E-state index contributed by atoms with van der Waals surface area (Å²) in [5, 5.41) is 9.40. The number of rotatable bonds is 11. The third-order valence-corrected chi connectivity index (χ3v) is 8.41. The van der Waals surface area contributed by atoms with E-state index in [2.05, 4.69) is 4.84 Å². The second kappa shape index (κ2) is 17.4. The smallest absolute Gasteiger partial charge is 0.347 e. The van der Waals surface area contributed by atoms with Gasteiger partial charge < -0.3 is 19.0 Å². The van der Waals surface area contributed by atoms with E-state index < -0.39 is 23.0 Å². The van der Waals surface area contributed by atoms with Crippen molar-refractivity contribution in [1.82, 2.24) is 0 Å². The molecule has 0 aliphatic heterocycles. The molecule has 4 aromatic rings. The normalized spacial score (nSPS) is 10.3. The number of nitrogens with zero attached hydrogens (tertiary/aromatic N) is 1. The second-order valence-corrected chi connectivity index (χ2v) is 11.6. The van der Waals surface area contributed by atoms with Crippen LogP contribution in [0.2, 0.25) is 0 Å². The molecule has 0 saturated heterocycles. The molecule has 0 N–H and O–H groups in total. The van der Waals surface area contributed by atoms with E-state index in [9.17, 15) is 24.5 Å². The van der Waals surface area contributed by atoms with E-state index in [0.717, 1.165) is 14.3 Å². The summed E-state index contributed by atoms with van der Waals surface area (Å²) in [7, 11) is 3.08. The van der Waals surface area contributed by atoms with E-state index in [1.54, 1.807) is 34.6 Å². The first kappa shape index (κ1) is 33.8. The van der Waals surface area contributed by atoms with Crippen LogP contribution in [0.25, 0.3) is 10.4 Å². The van der Waals surface area contributed by atoms with Crippen LogP contribution in [0.3, 0.4) is 0 Å². The fraction of sp³-hybridized carbons (Fsp3) is 0.161. The van der Waals surface area contributed by atoms with E-state index >= 15 is 0 Å². The lowest BCUT2D eigenvalue weighted by atomic mass is 10.2. The van der Waals surface area contributed by atoms with Crippen LogP contribution >= 0.6 is 32.9 Å². The first-order valence-electron chi connectivity index (χ1n) is 13.0. The molecule has 13 heteroatoms. The van der Waals surface area contributed by atoms with Gasteiger partial charge in [-0.25, -0.2) is 4.79 Å². The maximum atomic E-state index is 12.7. The highest BCUT2D eigenvalue weighted by Gasteiger charge is 2.18. The third-order valence-electron chi connectivity index (χ3n) is 5.50. The van der Waals surface area contributed by atoms with Crippen molar-refractivity contribution in [2.24, 2.45) is 0 Å². The van der Waals surface area contributed by atoms with Crippen LogP contribution < -0.4 is 14.2 Å². The van der Waals surface area contributed by atoms with E-state index in [4.69, 9.17) is 26.4 Å². The van der Waals surface area contributed by atoms with Crippen LogP contribution in [0.15, 0.2) is 91.0 Å². The lowest BCUT2D eigenvalue weighted by molar-refractivity contribution is -0.763. The van der Waals surface area contributed by atoms with Gasteiger partial charge in [0.05, 0.1) is 12.8 Å². The molecular formula is C31H27NO9S3. The van der Waals surface area contributed by atoms with Crippen molar-refractivity contribution in [3.05, 3.63) is 116 Å². The minimum absolute atomic E-state index is 0.00557. The van der Waals surface area contributed by atoms with Crippen molar-refractivity contribution in [2.75, 3.05) is 0 Å². The molecule has 228 valence electrons. The van der Waals surface area contributed by atoms with E-state index in [1.807, 2.05) is 44.2 Å². The molecule has 0 aliphatic rings. The summed E-state index contributed by atoms with van der Waals surface area (Å²) >= 11 is 5.15. The average molecular weight is 654 g/mol. The highest BCUT2D eigenvalue weighted by molar-refractivity contribution is 7.80. The molecule has 44 heavy (non-hydrogen) atoms. The molecule has 1 heterocycles. The summed E-state index contributed by atoms with van der Waals surface area (Å²) in [6.07, 6.45) is 3.50. The Labute approximate surface area is 265 Å². The van der Waals surface area contributed by atoms with Crippen LogP contribution in [0.5, 0.6) is 17.2 Å². The van der Waals surface area contributed by atoms with Gasteiger partial charge >= 0.3 is 17.9 Å². The topological polar surface area (TPSA) is 131 Å². The molecule has 10 nitrogen and oxygen atoms in total. The highest BCUT2D eigenvalue weighted by atomic mass is 32.9. The molecule has 0 fully saturated rings. The Morgan fingerprint density at radius 1 is 0.818 bits per heavy atom. The number of benzene rings is 3. The number of carbonyl (C=O) groups excluding carboxylic acids is 3. The van der Waals surface area contributed by atoms with Crippen molar-refractivity contribution < 1.29 is 38.5 Å². The number of hydrogen-bond acceptors (Lipinski definition) is 12. The minimum atomic E-state index is -0.904. The van der Waals surface area contributed by atoms with Gasteiger partial charge in [-0.05, 0) is 79.6 Å². The zero-order chi connectivity index (χ0) is 31.9. The molecule has 0 spiro atoms. The fourth-order valence-corrected chi connectivity index (χ4v) is 5.69. The van der Waals surface area contributed by atoms with Crippen LogP contribution in [0.4, 0.5) is 0 Å². The summed E-state index contributed by atoms with van der Waals surface area (Å²) < 4.78 is 16.7. The Hall–Kier alpha value is -4.72. The molecule has 1 aromatic heterocycles. The number of carbonyl (C=O) groups is 3. The molecule has 0 amide bonds. The largest absolute Gasteiger partial charge is 0.427 e. The van der Waals surface area contributed by atoms with Gasteiger partial charge in [-0.1, -0.05) is 69.3 Å². The van der Waals surface area contributed by atoms with Gasteiger partial charge in [0.2, 0.25) is 0 Å². The van der Waals surface area contributed by atoms with Gasteiger partial charge in [0.25, 0.3) is 5.09 Å². The van der Waals surface area contributed by atoms with Gasteiger partial charge in [0, 0.05) is 4.88 Å². The molecule has 0 unspecified atom stereocenters. The SMILES string of the molecule is C/C=C\C.O=C(CCC(=O)Oc1ccccc1C(=O)Oc1ccc(CO[N+](=O)[O-])cc1)Oc1ccc(-c2cc(=S)ss2)cc1. The van der Waals surface area contributed by atoms with Gasteiger partial charge in [-0.2, -0.15) is 0 Å². The van der Waals surface area contributed by atoms with Gasteiger partial charge in [-0.15, -0.1) is 10.1 Å². The van der Waals surface area contributed by atoms with E-state index in [-0.39, 0.29) is 36.5 Å². The summed E-state index contributed by atoms with van der Waals surface area (Å²) in [5.41, 5.74) is 1.46. The quantitative estimate of drug-likeness (QED) is 0.0298. The number of esters is 3. The van der Waals surface area contributed by atoms with Crippen LogP contribution in [0, 0.1) is 13.9 Å². The predicted molar refractivity (Wildman–Crippen MR) is 169 cm³/mol. The Bertz CT molecular complexity index is 1660. The van der Waals surface area contributed by atoms with Crippen molar-refractivity contribution in [3.63, 3.8) is 0 Å². The highest BCUT2D eigenvalue weighted by Crippen LogP contribution is 2.30. The van der Waals surface area contributed by atoms with Crippen LogP contribution in [0.1, 0.15) is 42.6 Å². The average Bonchev–Trinajstić information content (AvgIpc) is 3.46. The number of allylic oxidation sites excluding steroid dienone is 2. The first-order valence-corrected chi connectivity index (χ1v) is 15.6. The molecule has 0 aliphatic carbocycles. The maximum Gasteiger partial charge on any atom is 0.347 e. The van der Waals surface area contributed by atoms with E-state index in [0.29, 0.717) is 11.3 Å². The maximum absolute atomic E-state index is 12.7. The zero-order valence-corrected chi connectivity index (χ0v) is 26.1. The van der Waals surface area contributed by atoms with Gasteiger partial charge in [0.1, 0.15) is 33.2 Å². The molecule has 3 aromatic carbocycles. The van der Waals surface area contributed by atoms with Crippen molar-refractivity contribution >= 4 is 50.8 Å². The molecule has 0 atom stereocenters. The standard InChI is InChI=1S/C27H19NO9S3.C4H8/c29-24(35-19-11-7-18(8-12-19)23-15-26(38)40-39-23)13-14-25(30)37-22-4-2-1-3-21(22)27(31)36-20-9-5-17(6-10-20)16-34-28(32)33;1-3-4-2/h1-12,15H,13-14,16H2;3-4H,1-2H3/b;4-3-. The monoisotopic (exact) mass is 653 g/mol. The zero-order valence-electron chi connectivity index (χ0n) is 23.6. The second-order valence-electron chi connectivity index (χ2n) is 8.66. The molecule has 0 saturated carbocycles. The fourth-order valence-electron chi connectivity index (χ4n) is 3.29. The predicted octanol–water partition coefficient (Wildman–Crippen LogP) is 8.01. The third kappa shape index (κ3) is 11.2. The number of ether oxygens (including phenoxy) is 3. The van der Waals surface area contributed by atoms with Gasteiger partial charge in [0.15, 0.2) is 0 Å². The first-order chi connectivity index (χ1) is 21.2. The summed E-state index contributed by atoms with van der Waals surface area (Å²) in [6.45, 7) is 3.76. The van der Waals surface area contributed by atoms with Crippen molar-refractivity contribution in [1.29, 1.82) is 0 Å². The molecule has 4 rings (SSSR count). The van der Waals surface area contributed by atoms with Gasteiger partial charge in [-0.3, -0.25) is 9.59 Å². The Kier molecular flexibility index (Phi) is 13.4. The van der Waals surface area contributed by atoms with E-state index in [1.165, 1.54) is 46.7 Å². The number of hydrogen-bond donors (Lipinski definition) is 0. The summed E-state index contributed by atoms with van der Waals surface area (Å²) in [5.74, 6) is -1.65. The van der Waals surface area contributed by atoms with Crippen molar-refractivity contribution in [2.45, 2.75) is 33.3 Å². The van der Waals surface area contributed by atoms with Crippen LogP contribution in [-0.2, 0) is 21.0 Å². The van der Waals surface area contributed by atoms with Crippen LogP contribution in [-0.4, -0.2) is 23.0 Å². The lowest BCUT2D eigenvalue weighted by Gasteiger charge is -2.10. The summed E-state index contributed by atoms with van der Waals surface area (Å²) in [6, 6.07) is 20.8. The lowest BCUT2D eigenvalue weighted by Crippen LogP contribution is -2.16. The molecule has 0 radical (unpaired) electrons.